The number of esters is 1. The van der Waals surface area contributed by atoms with Crippen LogP contribution in [0.4, 0.5) is 0 Å². The third-order valence-electron chi connectivity index (χ3n) is 2.30. The highest BCUT2D eigenvalue weighted by atomic mass is 32.2. The molecule has 100 valence electrons. The molecule has 1 aromatic heterocycles. The molecule has 0 N–H and O–H groups in total. The zero-order valence-corrected chi connectivity index (χ0v) is 12.3. The van der Waals surface area contributed by atoms with Gasteiger partial charge < -0.3 is 9.64 Å². The maximum atomic E-state index is 12.0. The van der Waals surface area contributed by atoms with Crippen molar-refractivity contribution >= 4 is 35.0 Å². The van der Waals surface area contributed by atoms with E-state index in [1.54, 1.807) is 11.3 Å². The summed E-state index contributed by atoms with van der Waals surface area (Å²) in [4.78, 5) is 24.8. The van der Waals surface area contributed by atoms with Crippen molar-refractivity contribution in [3.63, 3.8) is 0 Å². The quantitative estimate of drug-likeness (QED) is 0.595. The van der Waals surface area contributed by atoms with E-state index in [0.29, 0.717) is 5.75 Å². The van der Waals surface area contributed by atoms with Gasteiger partial charge in [0.1, 0.15) is 6.54 Å². The summed E-state index contributed by atoms with van der Waals surface area (Å²) in [5, 5.41) is 1.97. The van der Waals surface area contributed by atoms with E-state index in [2.05, 4.69) is 4.74 Å². The Hall–Kier alpha value is -1.01. The molecule has 0 aliphatic rings. The van der Waals surface area contributed by atoms with E-state index in [4.69, 9.17) is 0 Å². The maximum absolute atomic E-state index is 12.0. The van der Waals surface area contributed by atoms with Crippen molar-refractivity contribution in [2.45, 2.75) is 24.1 Å². The number of hydrogen-bond acceptors (Lipinski definition) is 5. The summed E-state index contributed by atoms with van der Waals surface area (Å²) < 4.78 is 5.70. The predicted molar refractivity (Wildman–Crippen MR) is 73.9 cm³/mol. The highest BCUT2D eigenvalue weighted by Crippen LogP contribution is 2.23. The minimum Gasteiger partial charge on any atom is -0.468 e. The number of rotatable bonds is 6. The van der Waals surface area contributed by atoms with Gasteiger partial charge in [0.25, 0.3) is 0 Å². The van der Waals surface area contributed by atoms with Crippen molar-refractivity contribution in [3.05, 3.63) is 17.5 Å². The molecule has 0 aliphatic carbocycles. The molecule has 0 saturated heterocycles. The molecular weight excluding hydrogens is 270 g/mol. The first-order valence-corrected chi connectivity index (χ1v) is 7.43. The van der Waals surface area contributed by atoms with Crippen LogP contribution >= 0.6 is 23.1 Å². The number of carbonyl (C=O) groups is 2. The number of amides is 1. The lowest BCUT2D eigenvalue weighted by atomic mass is 10.3. The third kappa shape index (κ3) is 4.70. The van der Waals surface area contributed by atoms with Crippen molar-refractivity contribution in [3.8, 4) is 0 Å². The molecule has 0 atom stereocenters. The van der Waals surface area contributed by atoms with Gasteiger partial charge in [-0.1, -0.05) is 6.07 Å². The second kappa shape index (κ2) is 7.43. The van der Waals surface area contributed by atoms with Crippen LogP contribution in [0.2, 0.25) is 0 Å². The SMILES string of the molecule is COC(=O)CN(C(=O)CSc1cccs1)C(C)C. The Morgan fingerprint density at radius 1 is 1.50 bits per heavy atom. The average Bonchev–Trinajstić information content (AvgIpc) is 2.85. The molecule has 4 nitrogen and oxygen atoms in total. The van der Waals surface area contributed by atoms with Gasteiger partial charge in [0.2, 0.25) is 5.91 Å². The summed E-state index contributed by atoms with van der Waals surface area (Å²) in [7, 11) is 1.33. The largest absolute Gasteiger partial charge is 0.468 e. The minimum absolute atomic E-state index is 0.0119. The van der Waals surface area contributed by atoms with E-state index in [1.807, 2.05) is 31.4 Å². The summed E-state index contributed by atoms with van der Waals surface area (Å²) in [6, 6.07) is 3.91. The number of carbonyl (C=O) groups excluding carboxylic acids is 2. The number of thioether (sulfide) groups is 1. The van der Waals surface area contributed by atoms with Gasteiger partial charge in [-0.3, -0.25) is 9.59 Å². The van der Waals surface area contributed by atoms with Crippen molar-refractivity contribution < 1.29 is 14.3 Å². The highest BCUT2D eigenvalue weighted by Gasteiger charge is 2.20. The first kappa shape index (κ1) is 15.0. The first-order valence-electron chi connectivity index (χ1n) is 5.57. The topological polar surface area (TPSA) is 46.6 Å². The first-order chi connectivity index (χ1) is 8.54. The van der Waals surface area contributed by atoms with Crippen molar-refractivity contribution in [2.75, 3.05) is 19.4 Å². The van der Waals surface area contributed by atoms with Crippen LogP contribution in [0.25, 0.3) is 0 Å². The van der Waals surface area contributed by atoms with Crippen LogP contribution in [-0.4, -0.2) is 42.2 Å². The lowest BCUT2D eigenvalue weighted by Gasteiger charge is -2.25. The predicted octanol–water partition coefficient (Wildman–Crippen LogP) is 2.25. The van der Waals surface area contributed by atoms with Crippen LogP contribution in [0.5, 0.6) is 0 Å². The molecule has 1 rings (SSSR count). The number of methoxy groups -OCH3 is 1. The Morgan fingerprint density at radius 2 is 2.22 bits per heavy atom. The van der Waals surface area contributed by atoms with Crippen LogP contribution in [-0.2, 0) is 14.3 Å². The molecule has 0 aliphatic heterocycles. The van der Waals surface area contributed by atoms with E-state index >= 15 is 0 Å². The van der Waals surface area contributed by atoms with Gasteiger partial charge in [-0.25, -0.2) is 0 Å². The lowest BCUT2D eigenvalue weighted by Crippen LogP contribution is -2.42. The van der Waals surface area contributed by atoms with Crippen LogP contribution in [0, 0.1) is 0 Å². The van der Waals surface area contributed by atoms with Gasteiger partial charge in [-0.05, 0) is 25.3 Å². The minimum atomic E-state index is -0.391. The summed E-state index contributed by atoms with van der Waals surface area (Å²) in [6.45, 7) is 3.78. The smallest absolute Gasteiger partial charge is 0.325 e. The molecule has 18 heavy (non-hydrogen) atoms. The zero-order chi connectivity index (χ0) is 13.5. The molecule has 0 bridgehead atoms. The lowest BCUT2D eigenvalue weighted by molar-refractivity contribution is -0.147. The molecule has 0 unspecified atom stereocenters. The summed E-state index contributed by atoms with van der Waals surface area (Å²) >= 11 is 3.09. The van der Waals surface area contributed by atoms with Gasteiger partial charge in [-0.15, -0.1) is 23.1 Å². The summed E-state index contributed by atoms with van der Waals surface area (Å²) in [5.74, 6) is -0.0950. The molecule has 0 aromatic carbocycles. The van der Waals surface area contributed by atoms with Crippen molar-refractivity contribution in [1.29, 1.82) is 0 Å². The molecule has 1 aromatic rings. The summed E-state index contributed by atoms with van der Waals surface area (Å²) in [6.07, 6.45) is 0. The zero-order valence-electron chi connectivity index (χ0n) is 10.7. The number of ether oxygens (including phenoxy) is 1. The standard InChI is InChI=1S/C12H17NO3S2/c1-9(2)13(7-11(15)16-3)10(14)8-18-12-5-4-6-17-12/h4-6,9H,7-8H2,1-3H3. The number of hydrogen-bond donors (Lipinski definition) is 0. The van der Waals surface area contributed by atoms with Crippen LogP contribution in [0.3, 0.4) is 0 Å². The fraction of sp³-hybridized carbons (Fsp3) is 0.500. The van der Waals surface area contributed by atoms with Crippen molar-refractivity contribution in [2.24, 2.45) is 0 Å². The van der Waals surface area contributed by atoms with E-state index in [9.17, 15) is 9.59 Å². The second-order valence-corrected chi connectivity index (χ2v) is 6.14. The molecule has 0 radical (unpaired) electrons. The molecule has 1 heterocycles. The highest BCUT2D eigenvalue weighted by molar-refractivity contribution is 8.01. The summed E-state index contributed by atoms with van der Waals surface area (Å²) in [5.41, 5.74) is 0. The van der Waals surface area contributed by atoms with E-state index in [1.165, 1.54) is 23.8 Å². The van der Waals surface area contributed by atoms with Gasteiger partial charge in [0.05, 0.1) is 17.1 Å². The van der Waals surface area contributed by atoms with E-state index < -0.39 is 5.97 Å². The van der Waals surface area contributed by atoms with Crippen LogP contribution in [0.15, 0.2) is 21.7 Å². The van der Waals surface area contributed by atoms with Gasteiger partial charge >= 0.3 is 5.97 Å². The fourth-order valence-electron chi connectivity index (χ4n) is 1.32. The molecule has 0 saturated carbocycles. The van der Waals surface area contributed by atoms with E-state index in [0.717, 1.165) is 4.21 Å². The van der Waals surface area contributed by atoms with Crippen molar-refractivity contribution in [1.82, 2.24) is 4.90 Å². The Bertz CT molecular complexity index is 390. The number of nitrogens with zero attached hydrogens (tertiary/aromatic N) is 1. The molecule has 1 amide bonds. The Labute approximate surface area is 115 Å². The van der Waals surface area contributed by atoms with Crippen LogP contribution in [0.1, 0.15) is 13.8 Å². The normalized spacial score (nSPS) is 10.4. The number of thiophene rings is 1. The third-order valence-corrected chi connectivity index (χ3v) is 4.42. The molecule has 0 spiro atoms. The Kier molecular flexibility index (Phi) is 6.21. The molecule has 6 heteroatoms. The fourth-order valence-corrected chi connectivity index (χ4v) is 2.99. The van der Waals surface area contributed by atoms with E-state index in [-0.39, 0.29) is 18.5 Å². The van der Waals surface area contributed by atoms with Gasteiger partial charge in [0.15, 0.2) is 0 Å². The Morgan fingerprint density at radius 3 is 2.72 bits per heavy atom. The monoisotopic (exact) mass is 287 g/mol. The van der Waals surface area contributed by atoms with Gasteiger partial charge in [0, 0.05) is 6.04 Å². The van der Waals surface area contributed by atoms with Gasteiger partial charge in [-0.2, -0.15) is 0 Å². The Balaban J connectivity index is 2.51. The van der Waals surface area contributed by atoms with Crippen LogP contribution < -0.4 is 0 Å². The maximum Gasteiger partial charge on any atom is 0.325 e. The average molecular weight is 287 g/mol. The molecule has 0 fully saturated rings. The second-order valence-electron chi connectivity index (χ2n) is 3.91. The molecular formula is C12H17NO3S2.